The first-order valence-electron chi connectivity index (χ1n) is 6.18. The Kier molecular flexibility index (Phi) is 6.39. The molecule has 0 saturated heterocycles. The second-order valence-corrected chi connectivity index (χ2v) is 3.93. The van der Waals surface area contributed by atoms with Crippen LogP contribution in [0.4, 0.5) is 0 Å². The van der Waals surface area contributed by atoms with Crippen molar-refractivity contribution in [1.29, 1.82) is 0 Å². The number of rotatable bonds is 8. The van der Waals surface area contributed by atoms with Crippen molar-refractivity contribution in [3.05, 3.63) is 29.8 Å². The smallest absolute Gasteiger partial charge is 0.164 e. The fourth-order valence-electron chi connectivity index (χ4n) is 1.69. The number of carbonyl (C=O) groups is 1. The molecule has 0 bridgehead atoms. The van der Waals surface area contributed by atoms with Crippen molar-refractivity contribution in [1.82, 2.24) is 0 Å². The van der Waals surface area contributed by atoms with Gasteiger partial charge in [-0.25, -0.2) is 0 Å². The summed E-state index contributed by atoms with van der Waals surface area (Å²) < 4.78 is 10.6. The summed E-state index contributed by atoms with van der Waals surface area (Å²) in [5.74, 6) is 0.207. The predicted octanol–water partition coefficient (Wildman–Crippen LogP) is 2.29. The number of Topliss-reactive ketones (excluding diaryl/α,β-unsaturated/α-hetero) is 1. The van der Waals surface area contributed by atoms with Crippen LogP contribution in [0.5, 0.6) is 5.75 Å². The minimum atomic E-state index is -0.468. The van der Waals surface area contributed by atoms with Gasteiger partial charge in [0.25, 0.3) is 0 Å². The molecule has 18 heavy (non-hydrogen) atoms. The molecule has 4 nitrogen and oxygen atoms in total. The molecule has 0 saturated carbocycles. The first kappa shape index (κ1) is 14.7. The number of hydrogen-bond donors (Lipinski definition) is 1. The van der Waals surface area contributed by atoms with Gasteiger partial charge in [0.1, 0.15) is 11.5 Å². The highest BCUT2D eigenvalue weighted by Crippen LogP contribution is 2.13. The maximum Gasteiger partial charge on any atom is 0.164 e. The summed E-state index contributed by atoms with van der Waals surface area (Å²) in [4.78, 5) is 11.8. The number of hydrogen-bond acceptors (Lipinski definition) is 4. The average molecular weight is 252 g/mol. The van der Waals surface area contributed by atoms with Crippen molar-refractivity contribution in [3.8, 4) is 5.75 Å². The molecule has 1 rings (SSSR count). The van der Waals surface area contributed by atoms with Gasteiger partial charge in [0.15, 0.2) is 6.29 Å². The van der Waals surface area contributed by atoms with Crippen LogP contribution in [0.15, 0.2) is 24.3 Å². The van der Waals surface area contributed by atoms with E-state index in [4.69, 9.17) is 9.47 Å². The third kappa shape index (κ3) is 5.29. The highest BCUT2D eigenvalue weighted by Gasteiger charge is 2.14. The van der Waals surface area contributed by atoms with Gasteiger partial charge < -0.3 is 14.6 Å². The van der Waals surface area contributed by atoms with Crippen LogP contribution in [0.25, 0.3) is 0 Å². The van der Waals surface area contributed by atoms with Crippen LogP contribution < -0.4 is 0 Å². The number of ketones is 1. The van der Waals surface area contributed by atoms with Crippen molar-refractivity contribution < 1.29 is 19.4 Å². The SMILES string of the molecule is CCOC(CC(=O)Cc1cccc(O)c1)OCC. The lowest BCUT2D eigenvalue weighted by Gasteiger charge is -2.15. The minimum absolute atomic E-state index is 0.0347. The maximum atomic E-state index is 11.8. The molecule has 0 aliphatic heterocycles. The van der Waals surface area contributed by atoms with Gasteiger partial charge in [-0.2, -0.15) is 0 Å². The molecule has 0 radical (unpaired) electrons. The lowest BCUT2D eigenvalue weighted by atomic mass is 10.1. The normalized spacial score (nSPS) is 10.8. The van der Waals surface area contributed by atoms with E-state index in [0.717, 1.165) is 5.56 Å². The standard InChI is InChI=1S/C14H20O4/c1-3-17-14(18-4-2)10-13(16)9-11-6-5-7-12(15)8-11/h5-8,14-15H,3-4,9-10H2,1-2H3. The van der Waals surface area contributed by atoms with E-state index in [2.05, 4.69) is 0 Å². The Hall–Kier alpha value is -1.39. The fourth-order valence-corrected chi connectivity index (χ4v) is 1.69. The van der Waals surface area contributed by atoms with Gasteiger partial charge >= 0.3 is 0 Å². The van der Waals surface area contributed by atoms with Gasteiger partial charge in [0.2, 0.25) is 0 Å². The third-order valence-corrected chi connectivity index (χ3v) is 2.41. The van der Waals surface area contributed by atoms with Crippen molar-refractivity contribution >= 4 is 5.78 Å². The molecule has 0 fully saturated rings. The topological polar surface area (TPSA) is 55.8 Å². The Balaban J connectivity index is 2.49. The molecule has 0 heterocycles. The summed E-state index contributed by atoms with van der Waals surface area (Å²) in [5, 5.41) is 9.32. The van der Waals surface area contributed by atoms with Gasteiger partial charge in [-0.3, -0.25) is 4.79 Å². The number of benzene rings is 1. The average Bonchev–Trinajstić information content (AvgIpc) is 2.29. The van der Waals surface area contributed by atoms with E-state index in [1.807, 2.05) is 19.9 Å². The van der Waals surface area contributed by atoms with E-state index >= 15 is 0 Å². The number of carbonyl (C=O) groups excluding carboxylic acids is 1. The van der Waals surface area contributed by atoms with E-state index in [0.29, 0.717) is 13.2 Å². The molecule has 0 aliphatic carbocycles. The Labute approximate surface area is 108 Å². The van der Waals surface area contributed by atoms with E-state index in [-0.39, 0.29) is 24.4 Å². The Bertz CT molecular complexity index is 370. The summed E-state index contributed by atoms with van der Waals surface area (Å²) in [6.07, 6.45) is 0.0485. The highest BCUT2D eigenvalue weighted by atomic mass is 16.7. The molecule has 100 valence electrons. The third-order valence-electron chi connectivity index (χ3n) is 2.41. The van der Waals surface area contributed by atoms with Crippen LogP contribution in [0, 0.1) is 0 Å². The molecule has 4 heteroatoms. The van der Waals surface area contributed by atoms with Crippen molar-refractivity contribution in [2.75, 3.05) is 13.2 Å². The monoisotopic (exact) mass is 252 g/mol. The molecule has 1 aromatic carbocycles. The van der Waals surface area contributed by atoms with Crippen LogP contribution in [-0.2, 0) is 20.7 Å². The molecule has 0 atom stereocenters. The summed E-state index contributed by atoms with van der Waals surface area (Å²) in [7, 11) is 0. The van der Waals surface area contributed by atoms with Crippen LogP contribution in [0.1, 0.15) is 25.8 Å². The van der Waals surface area contributed by atoms with E-state index in [1.165, 1.54) is 0 Å². The van der Waals surface area contributed by atoms with Gasteiger partial charge in [-0.15, -0.1) is 0 Å². The molecular formula is C14H20O4. The zero-order chi connectivity index (χ0) is 13.4. The summed E-state index contributed by atoms with van der Waals surface area (Å²) >= 11 is 0. The molecule has 0 aliphatic rings. The summed E-state index contributed by atoms with van der Waals surface area (Å²) in [6, 6.07) is 6.71. The van der Waals surface area contributed by atoms with Crippen LogP contribution in [-0.4, -0.2) is 30.4 Å². The van der Waals surface area contributed by atoms with E-state index in [1.54, 1.807) is 18.2 Å². The Morgan fingerprint density at radius 1 is 1.28 bits per heavy atom. The van der Waals surface area contributed by atoms with Crippen molar-refractivity contribution in [2.45, 2.75) is 33.0 Å². The molecule has 1 N–H and O–H groups in total. The maximum absolute atomic E-state index is 11.8. The van der Waals surface area contributed by atoms with Crippen LogP contribution in [0.2, 0.25) is 0 Å². The molecule has 0 spiro atoms. The zero-order valence-electron chi connectivity index (χ0n) is 10.9. The molecular weight excluding hydrogens is 232 g/mol. The van der Waals surface area contributed by atoms with Gasteiger partial charge in [-0.1, -0.05) is 12.1 Å². The quantitative estimate of drug-likeness (QED) is 0.721. The lowest BCUT2D eigenvalue weighted by Crippen LogP contribution is -2.22. The number of ether oxygens (including phenoxy) is 2. The second kappa shape index (κ2) is 7.84. The molecule has 1 aromatic rings. The van der Waals surface area contributed by atoms with Crippen molar-refractivity contribution in [2.24, 2.45) is 0 Å². The summed E-state index contributed by atoms with van der Waals surface area (Å²) in [5.41, 5.74) is 0.798. The minimum Gasteiger partial charge on any atom is -0.508 e. The van der Waals surface area contributed by atoms with Crippen LogP contribution in [0.3, 0.4) is 0 Å². The van der Waals surface area contributed by atoms with E-state index in [9.17, 15) is 9.90 Å². The Morgan fingerprint density at radius 3 is 2.50 bits per heavy atom. The number of aromatic hydroxyl groups is 1. The summed E-state index contributed by atoms with van der Waals surface area (Å²) in [6.45, 7) is 4.77. The number of phenolic OH excluding ortho intramolecular Hbond substituents is 1. The second-order valence-electron chi connectivity index (χ2n) is 3.93. The molecule has 0 unspecified atom stereocenters. The Morgan fingerprint density at radius 2 is 1.94 bits per heavy atom. The molecule has 0 aromatic heterocycles. The molecule has 0 amide bonds. The largest absolute Gasteiger partial charge is 0.508 e. The zero-order valence-corrected chi connectivity index (χ0v) is 10.9. The first-order valence-corrected chi connectivity index (χ1v) is 6.18. The first-order chi connectivity index (χ1) is 8.65. The fraction of sp³-hybridized carbons (Fsp3) is 0.500. The van der Waals surface area contributed by atoms with Gasteiger partial charge in [0.05, 0.1) is 6.42 Å². The lowest BCUT2D eigenvalue weighted by molar-refractivity contribution is -0.151. The van der Waals surface area contributed by atoms with E-state index < -0.39 is 6.29 Å². The van der Waals surface area contributed by atoms with Crippen LogP contribution >= 0.6 is 0 Å². The number of phenols is 1. The van der Waals surface area contributed by atoms with Gasteiger partial charge in [0, 0.05) is 19.6 Å². The van der Waals surface area contributed by atoms with Crippen molar-refractivity contribution in [3.63, 3.8) is 0 Å². The highest BCUT2D eigenvalue weighted by molar-refractivity contribution is 5.81. The van der Waals surface area contributed by atoms with Gasteiger partial charge in [-0.05, 0) is 31.5 Å². The predicted molar refractivity (Wildman–Crippen MR) is 68.5 cm³/mol.